The van der Waals surface area contributed by atoms with Crippen LogP contribution in [0, 0.1) is 5.82 Å². The lowest BCUT2D eigenvalue weighted by Crippen LogP contribution is -2.54. The fraction of sp³-hybridized carbons (Fsp3) is 0.421. The Morgan fingerprint density at radius 1 is 1.34 bits per heavy atom. The number of amidine groups is 1. The standard InChI is InChI=1S/C19H21ClFN3O3S2/c1-18(2)17(22)23-19(3,9-29(18,26)27)15-13(20)7-14(28-15)24-8-10-6-11(21)4-5-12(10)16(24)25/h4-7,16,25H,8-9H2,1-3H3,(H2,22,23)/t16?,19-/m0/s1. The van der Waals surface area contributed by atoms with Crippen molar-refractivity contribution in [2.24, 2.45) is 10.7 Å². The van der Waals surface area contributed by atoms with Gasteiger partial charge in [-0.2, -0.15) is 0 Å². The summed E-state index contributed by atoms with van der Waals surface area (Å²) >= 11 is 7.74. The molecule has 0 fully saturated rings. The van der Waals surface area contributed by atoms with Crippen molar-refractivity contribution in [1.82, 2.24) is 0 Å². The molecule has 0 amide bonds. The molecule has 3 heterocycles. The average Bonchev–Trinajstić information content (AvgIpc) is 3.13. The maximum Gasteiger partial charge on any atom is 0.165 e. The molecule has 0 spiro atoms. The molecule has 1 unspecified atom stereocenters. The normalized spacial score (nSPS) is 27.6. The first-order chi connectivity index (χ1) is 13.4. The lowest BCUT2D eigenvalue weighted by Gasteiger charge is -2.37. The van der Waals surface area contributed by atoms with Crippen LogP contribution in [0.2, 0.25) is 5.02 Å². The Morgan fingerprint density at radius 3 is 2.69 bits per heavy atom. The van der Waals surface area contributed by atoms with E-state index in [2.05, 4.69) is 4.99 Å². The molecule has 0 saturated heterocycles. The molecule has 2 aromatic rings. The van der Waals surface area contributed by atoms with Crippen molar-refractivity contribution in [3.8, 4) is 0 Å². The van der Waals surface area contributed by atoms with Crippen LogP contribution in [0.25, 0.3) is 0 Å². The number of benzene rings is 1. The molecule has 2 aliphatic heterocycles. The Labute approximate surface area is 177 Å². The minimum absolute atomic E-state index is 0.0429. The van der Waals surface area contributed by atoms with Crippen molar-refractivity contribution in [1.29, 1.82) is 0 Å². The van der Waals surface area contributed by atoms with Gasteiger partial charge in [-0.15, -0.1) is 11.3 Å². The van der Waals surface area contributed by atoms with Gasteiger partial charge in [0.15, 0.2) is 16.1 Å². The van der Waals surface area contributed by atoms with Crippen molar-refractivity contribution in [2.75, 3.05) is 10.7 Å². The molecule has 2 aliphatic rings. The first-order valence-electron chi connectivity index (χ1n) is 8.97. The highest BCUT2D eigenvalue weighted by molar-refractivity contribution is 7.93. The molecular weight excluding hydrogens is 437 g/mol. The van der Waals surface area contributed by atoms with Crippen LogP contribution in [0.5, 0.6) is 0 Å². The summed E-state index contributed by atoms with van der Waals surface area (Å²) < 4.78 is 38.0. The van der Waals surface area contributed by atoms with E-state index in [1.165, 1.54) is 23.5 Å². The smallest absolute Gasteiger partial charge is 0.165 e. The number of hydrogen-bond acceptors (Lipinski definition) is 7. The van der Waals surface area contributed by atoms with Crippen LogP contribution < -0.4 is 10.6 Å². The first kappa shape index (κ1) is 20.6. The second-order valence-corrected chi connectivity index (χ2v) is 12.1. The summed E-state index contributed by atoms with van der Waals surface area (Å²) in [7, 11) is -3.56. The summed E-state index contributed by atoms with van der Waals surface area (Å²) in [4.78, 5) is 6.77. The van der Waals surface area contributed by atoms with Gasteiger partial charge in [-0.3, -0.25) is 4.99 Å². The zero-order valence-corrected chi connectivity index (χ0v) is 18.5. The highest BCUT2D eigenvalue weighted by atomic mass is 35.5. The third-order valence-electron chi connectivity index (χ3n) is 5.70. The van der Waals surface area contributed by atoms with Gasteiger partial charge in [0.1, 0.15) is 21.9 Å². The molecule has 4 rings (SSSR count). The van der Waals surface area contributed by atoms with Gasteiger partial charge >= 0.3 is 0 Å². The number of aliphatic imine (C=N–C) groups is 1. The van der Waals surface area contributed by atoms with E-state index in [0.29, 0.717) is 32.6 Å². The third kappa shape index (κ3) is 3.06. The number of nitrogens with two attached hydrogens (primary N) is 1. The Balaban J connectivity index is 1.74. The predicted octanol–water partition coefficient (Wildman–Crippen LogP) is 3.33. The lowest BCUT2D eigenvalue weighted by atomic mass is 10.0. The molecule has 0 radical (unpaired) electrons. The summed E-state index contributed by atoms with van der Waals surface area (Å²) in [6.45, 7) is 5.09. The maximum absolute atomic E-state index is 13.6. The van der Waals surface area contributed by atoms with Crippen LogP contribution in [0.4, 0.5) is 9.39 Å². The quantitative estimate of drug-likeness (QED) is 0.721. The van der Waals surface area contributed by atoms with Crippen molar-refractivity contribution in [3.63, 3.8) is 0 Å². The van der Waals surface area contributed by atoms with Crippen LogP contribution in [-0.4, -0.2) is 29.9 Å². The topological polar surface area (TPSA) is 96.0 Å². The van der Waals surface area contributed by atoms with Crippen molar-refractivity contribution < 1.29 is 17.9 Å². The van der Waals surface area contributed by atoms with E-state index in [1.54, 1.807) is 37.8 Å². The van der Waals surface area contributed by atoms with Crippen molar-refractivity contribution >= 4 is 43.6 Å². The maximum atomic E-state index is 13.6. The van der Waals surface area contributed by atoms with Gasteiger partial charge in [-0.1, -0.05) is 17.7 Å². The number of aliphatic hydroxyl groups excluding tert-OH is 1. The molecule has 29 heavy (non-hydrogen) atoms. The monoisotopic (exact) mass is 457 g/mol. The molecule has 156 valence electrons. The molecule has 3 N–H and O–H groups in total. The Hall–Kier alpha value is -1.68. The fourth-order valence-corrected chi connectivity index (χ4v) is 7.14. The van der Waals surface area contributed by atoms with Gasteiger partial charge in [-0.05, 0) is 44.5 Å². The molecule has 1 aromatic heterocycles. The van der Waals surface area contributed by atoms with Crippen LogP contribution in [0.3, 0.4) is 0 Å². The number of fused-ring (bicyclic) bond motifs is 1. The van der Waals surface area contributed by atoms with E-state index in [9.17, 15) is 17.9 Å². The number of anilines is 1. The molecule has 0 aliphatic carbocycles. The molecule has 0 saturated carbocycles. The Morgan fingerprint density at radius 2 is 2.03 bits per heavy atom. The number of sulfone groups is 1. The third-order valence-corrected chi connectivity index (χ3v) is 10.2. The highest BCUT2D eigenvalue weighted by Gasteiger charge is 2.50. The summed E-state index contributed by atoms with van der Waals surface area (Å²) in [5, 5.41) is 11.7. The number of hydrogen-bond donors (Lipinski definition) is 2. The summed E-state index contributed by atoms with van der Waals surface area (Å²) in [6, 6.07) is 5.95. The van der Waals surface area contributed by atoms with Crippen LogP contribution in [-0.2, 0) is 21.9 Å². The molecule has 2 atom stereocenters. The lowest BCUT2D eigenvalue weighted by molar-refractivity contribution is 0.182. The van der Waals surface area contributed by atoms with E-state index in [-0.39, 0.29) is 17.4 Å². The van der Waals surface area contributed by atoms with Gasteiger partial charge in [0.2, 0.25) is 0 Å². The van der Waals surface area contributed by atoms with E-state index >= 15 is 0 Å². The number of nitrogens with zero attached hydrogens (tertiary/aromatic N) is 2. The van der Waals surface area contributed by atoms with E-state index in [0.717, 1.165) is 0 Å². The zero-order valence-electron chi connectivity index (χ0n) is 16.1. The number of aliphatic hydroxyl groups is 1. The van der Waals surface area contributed by atoms with Crippen LogP contribution >= 0.6 is 22.9 Å². The Kier molecular flexibility index (Phi) is 4.55. The van der Waals surface area contributed by atoms with Gasteiger partial charge in [0.25, 0.3) is 0 Å². The van der Waals surface area contributed by atoms with E-state index in [4.69, 9.17) is 17.3 Å². The minimum atomic E-state index is -3.56. The Bertz CT molecular complexity index is 1150. The van der Waals surface area contributed by atoms with Gasteiger partial charge in [0.05, 0.1) is 20.7 Å². The minimum Gasteiger partial charge on any atom is -0.386 e. The SMILES string of the molecule is CC1(C)C(N)=N[C@](C)(c2sc(N3Cc4cc(F)ccc4C3O)cc2Cl)CS1(=O)=O. The van der Waals surface area contributed by atoms with Crippen LogP contribution in [0.1, 0.15) is 43.0 Å². The summed E-state index contributed by atoms with van der Waals surface area (Å²) in [5.41, 5.74) is 6.22. The number of thiophene rings is 1. The highest BCUT2D eigenvalue weighted by Crippen LogP contribution is 2.48. The van der Waals surface area contributed by atoms with Crippen molar-refractivity contribution in [2.45, 2.75) is 43.8 Å². The largest absolute Gasteiger partial charge is 0.386 e. The second kappa shape index (κ2) is 6.41. The van der Waals surface area contributed by atoms with Crippen molar-refractivity contribution in [3.05, 3.63) is 51.1 Å². The molecule has 0 bridgehead atoms. The number of rotatable bonds is 2. The molecule has 1 aromatic carbocycles. The summed E-state index contributed by atoms with van der Waals surface area (Å²) in [6.07, 6.45) is -0.941. The first-order valence-corrected chi connectivity index (χ1v) is 11.8. The molecule has 6 nitrogen and oxygen atoms in total. The van der Waals surface area contributed by atoms with Gasteiger partial charge in [-0.25, -0.2) is 12.8 Å². The van der Waals surface area contributed by atoms with Crippen LogP contribution in [0.15, 0.2) is 29.3 Å². The fourth-order valence-electron chi connectivity index (χ4n) is 3.72. The number of halogens is 2. The molecular formula is C19H21ClFN3O3S2. The van der Waals surface area contributed by atoms with Gasteiger partial charge in [0, 0.05) is 12.1 Å². The van der Waals surface area contributed by atoms with Gasteiger partial charge < -0.3 is 15.7 Å². The second-order valence-electron chi connectivity index (χ2n) is 8.15. The van der Waals surface area contributed by atoms with E-state index < -0.39 is 26.4 Å². The zero-order chi connectivity index (χ0) is 21.4. The average molecular weight is 458 g/mol. The molecule has 10 heteroatoms. The predicted molar refractivity (Wildman–Crippen MR) is 114 cm³/mol. The summed E-state index contributed by atoms with van der Waals surface area (Å²) in [5.74, 6) is -0.544. The van der Waals surface area contributed by atoms with E-state index in [1.807, 2.05) is 0 Å².